The van der Waals surface area contributed by atoms with E-state index in [0.717, 1.165) is 18.7 Å². The first kappa shape index (κ1) is 14.4. The lowest BCUT2D eigenvalue weighted by Crippen LogP contribution is -2.26. The number of rotatable bonds is 6. The first-order valence-electron chi connectivity index (χ1n) is 5.72. The van der Waals surface area contributed by atoms with Crippen LogP contribution in [0.15, 0.2) is 18.2 Å². The average Bonchev–Trinajstić information content (AvgIpc) is 2.26. The van der Waals surface area contributed by atoms with Gasteiger partial charge in [0.25, 0.3) is 0 Å². The highest BCUT2D eigenvalue weighted by Gasteiger charge is 2.11. The molecule has 0 spiro atoms. The predicted molar refractivity (Wildman–Crippen MR) is 68.9 cm³/mol. The molecule has 0 aromatic heterocycles. The van der Waals surface area contributed by atoms with Crippen LogP contribution in [0.25, 0.3) is 0 Å². The highest BCUT2D eigenvalue weighted by Crippen LogP contribution is 2.23. The van der Waals surface area contributed by atoms with Gasteiger partial charge in [-0.25, -0.2) is 4.39 Å². The van der Waals surface area contributed by atoms with E-state index >= 15 is 0 Å². The molecule has 96 valence electrons. The van der Waals surface area contributed by atoms with Gasteiger partial charge in [-0.05, 0) is 30.5 Å². The zero-order valence-corrected chi connectivity index (χ0v) is 11.2. The van der Waals surface area contributed by atoms with Crippen molar-refractivity contribution in [1.82, 2.24) is 5.32 Å². The summed E-state index contributed by atoms with van der Waals surface area (Å²) in [6, 6.07) is 4.59. The normalized spacial score (nSPS) is 14.6. The second-order valence-corrected chi connectivity index (χ2v) is 4.76. The maximum absolute atomic E-state index is 12.9. The fraction of sp³-hybridized carbons (Fsp3) is 0.538. The Balaban J connectivity index is 2.54. The lowest BCUT2D eigenvalue weighted by Gasteiger charge is -2.18. The van der Waals surface area contributed by atoms with Crippen molar-refractivity contribution < 1.29 is 9.13 Å². The number of hydrogen-bond donors (Lipinski definition) is 1. The molecule has 0 radical (unpaired) electrons. The molecule has 0 saturated heterocycles. The summed E-state index contributed by atoms with van der Waals surface area (Å²) >= 11 is 6.00. The van der Waals surface area contributed by atoms with Crippen LogP contribution in [0.4, 0.5) is 4.39 Å². The van der Waals surface area contributed by atoms with E-state index in [4.69, 9.17) is 16.3 Å². The molecule has 0 bridgehead atoms. The maximum atomic E-state index is 12.9. The van der Waals surface area contributed by atoms with Gasteiger partial charge in [-0.2, -0.15) is 0 Å². The van der Waals surface area contributed by atoms with Crippen LogP contribution in [0.3, 0.4) is 0 Å². The smallest absolute Gasteiger partial charge is 0.124 e. The second kappa shape index (κ2) is 6.94. The van der Waals surface area contributed by atoms with Crippen LogP contribution in [0.2, 0.25) is 5.02 Å². The molecule has 0 aliphatic heterocycles. The summed E-state index contributed by atoms with van der Waals surface area (Å²) < 4.78 is 18.0. The van der Waals surface area contributed by atoms with E-state index in [-0.39, 0.29) is 11.9 Å². The molecular weight excluding hydrogens is 241 g/mol. The van der Waals surface area contributed by atoms with E-state index in [1.165, 1.54) is 12.1 Å². The number of benzene rings is 1. The van der Waals surface area contributed by atoms with Gasteiger partial charge in [-0.1, -0.05) is 24.6 Å². The first-order chi connectivity index (χ1) is 8.04. The maximum Gasteiger partial charge on any atom is 0.124 e. The molecule has 0 fully saturated rings. The van der Waals surface area contributed by atoms with Crippen molar-refractivity contribution in [1.29, 1.82) is 0 Å². The third kappa shape index (κ3) is 4.62. The number of nitrogens with one attached hydrogen (secondary N) is 1. The van der Waals surface area contributed by atoms with Crippen molar-refractivity contribution in [2.45, 2.75) is 19.9 Å². The molecule has 1 aromatic carbocycles. The van der Waals surface area contributed by atoms with Crippen LogP contribution in [-0.4, -0.2) is 20.3 Å². The van der Waals surface area contributed by atoms with Crippen LogP contribution >= 0.6 is 11.6 Å². The van der Waals surface area contributed by atoms with Crippen molar-refractivity contribution in [2.24, 2.45) is 5.92 Å². The van der Waals surface area contributed by atoms with Crippen LogP contribution < -0.4 is 5.32 Å². The van der Waals surface area contributed by atoms with Crippen LogP contribution in [0.5, 0.6) is 0 Å². The minimum atomic E-state index is -0.307. The molecule has 1 rings (SSSR count). The molecule has 0 saturated carbocycles. The number of methoxy groups -OCH3 is 1. The van der Waals surface area contributed by atoms with Gasteiger partial charge in [-0.3, -0.25) is 0 Å². The topological polar surface area (TPSA) is 21.3 Å². The highest BCUT2D eigenvalue weighted by molar-refractivity contribution is 6.31. The summed E-state index contributed by atoms with van der Waals surface area (Å²) in [5, 5.41) is 3.82. The van der Waals surface area contributed by atoms with Crippen molar-refractivity contribution >= 4 is 11.6 Å². The first-order valence-corrected chi connectivity index (χ1v) is 6.09. The second-order valence-electron chi connectivity index (χ2n) is 4.36. The third-order valence-corrected chi connectivity index (χ3v) is 2.98. The number of halogens is 2. The fourth-order valence-corrected chi connectivity index (χ4v) is 2.01. The molecule has 1 N–H and O–H groups in total. The van der Waals surface area contributed by atoms with Crippen LogP contribution in [0, 0.1) is 11.7 Å². The van der Waals surface area contributed by atoms with Gasteiger partial charge in [0, 0.05) is 31.3 Å². The molecule has 2 atom stereocenters. The van der Waals surface area contributed by atoms with Gasteiger partial charge in [0.1, 0.15) is 5.82 Å². The molecule has 2 unspecified atom stereocenters. The molecule has 4 heteroatoms. The Labute approximate surface area is 107 Å². The Morgan fingerprint density at radius 3 is 2.71 bits per heavy atom. The molecular formula is C13H19ClFNO. The molecule has 0 aliphatic carbocycles. The van der Waals surface area contributed by atoms with Gasteiger partial charge in [0.15, 0.2) is 0 Å². The van der Waals surface area contributed by atoms with E-state index in [1.54, 1.807) is 13.2 Å². The van der Waals surface area contributed by atoms with Gasteiger partial charge >= 0.3 is 0 Å². The summed E-state index contributed by atoms with van der Waals surface area (Å²) in [6.45, 7) is 5.67. The Hall–Kier alpha value is -0.640. The summed E-state index contributed by atoms with van der Waals surface area (Å²) in [4.78, 5) is 0. The number of hydrogen-bond acceptors (Lipinski definition) is 2. The summed E-state index contributed by atoms with van der Waals surface area (Å²) in [5.74, 6) is 0.125. The number of ether oxygens (including phenoxy) is 1. The SMILES string of the molecule is COCC(C)CNC(C)c1ccc(F)cc1Cl. The molecule has 17 heavy (non-hydrogen) atoms. The minimum Gasteiger partial charge on any atom is -0.384 e. The molecule has 1 aromatic rings. The Morgan fingerprint density at radius 1 is 1.41 bits per heavy atom. The summed E-state index contributed by atoms with van der Waals surface area (Å²) in [6.07, 6.45) is 0. The summed E-state index contributed by atoms with van der Waals surface area (Å²) in [5.41, 5.74) is 0.915. The van der Waals surface area contributed by atoms with Crippen molar-refractivity contribution in [3.05, 3.63) is 34.6 Å². The van der Waals surface area contributed by atoms with Gasteiger partial charge < -0.3 is 10.1 Å². The van der Waals surface area contributed by atoms with E-state index < -0.39 is 0 Å². The van der Waals surface area contributed by atoms with Crippen molar-refractivity contribution in [2.75, 3.05) is 20.3 Å². The zero-order chi connectivity index (χ0) is 12.8. The van der Waals surface area contributed by atoms with Crippen LogP contribution in [-0.2, 0) is 4.74 Å². The van der Waals surface area contributed by atoms with Crippen molar-refractivity contribution in [3.8, 4) is 0 Å². The van der Waals surface area contributed by atoms with Gasteiger partial charge in [0.2, 0.25) is 0 Å². The van der Waals surface area contributed by atoms with E-state index in [0.29, 0.717) is 10.9 Å². The molecule has 0 heterocycles. The average molecular weight is 260 g/mol. The highest BCUT2D eigenvalue weighted by atomic mass is 35.5. The van der Waals surface area contributed by atoms with E-state index in [2.05, 4.69) is 12.2 Å². The Bertz CT molecular complexity index is 359. The quantitative estimate of drug-likeness (QED) is 0.845. The summed E-state index contributed by atoms with van der Waals surface area (Å²) in [7, 11) is 1.69. The third-order valence-electron chi connectivity index (χ3n) is 2.65. The molecule has 0 aliphatic rings. The van der Waals surface area contributed by atoms with Gasteiger partial charge in [-0.15, -0.1) is 0 Å². The minimum absolute atomic E-state index is 0.0995. The lowest BCUT2D eigenvalue weighted by atomic mass is 10.1. The lowest BCUT2D eigenvalue weighted by molar-refractivity contribution is 0.157. The Morgan fingerprint density at radius 2 is 2.12 bits per heavy atom. The molecule has 0 amide bonds. The van der Waals surface area contributed by atoms with Gasteiger partial charge in [0.05, 0.1) is 0 Å². The Kier molecular flexibility index (Phi) is 5.89. The predicted octanol–water partition coefficient (Wildman–Crippen LogP) is 3.41. The molecule has 2 nitrogen and oxygen atoms in total. The monoisotopic (exact) mass is 259 g/mol. The fourth-order valence-electron chi connectivity index (χ4n) is 1.68. The van der Waals surface area contributed by atoms with Crippen molar-refractivity contribution in [3.63, 3.8) is 0 Å². The standard InChI is InChI=1S/C13H19ClFNO/c1-9(8-17-3)7-16-10(2)12-5-4-11(15)6-13(12)14/h4-6,9-10,16H,7-8H2,1-3H3. The van der Waals surface area contributed by atoms with E-state index in [1.807, 2.05) is 6.92 Å². The largest absolute Gasteiger partial charge is 0.384 e. The zero-order valence-electron chi connectivity index (χ0n) is 10.5. The van der Waals surface area contributed by atoms with Crippen LogP contribution in [0.1, 0.15) is 25.5 Å². The van der Waals surface area contributed by atoms with E-state index in [9.17, 15) is 4.39 Å².